The quantitative estimate of drug-likeness (QED) is 0.427. The third-order valence-corrected chi connectivity index (χ3v) is 3.92. The molecule has 24 heavy (non-hydrogen) atoms. The first kappa shape index (κ1) is 18.8. The Hall–Kier alpha value is -1.57. The van der Waals surface area contributed by atoms with Gasteiger partial charge in [-0.05, 0) is 37.5 Å². The number of pyridine rings is 1. The van der Waals surface area contributed by atoms with E-state index in [-0.39, 0.29) is 24.0 Å². The van der Waals surface area contributed by atoms with Gasteiger partial charge in [0.2, 0.25) is 0 Å². The van der Waals surface area contributed by atoms with Crippen LogP contribution in [0.5, 0.6) is 0 Å². The Labute approximate surface area is 161 Å². The van der Waals surface area contributed by atoms with Gasteiger partial charge < -0.3 is 15.5 Å². The van der Waals surface area contributed by atoms with Gasteiger partial charge in [0.05, 0.1) is 12.1 Å². The molecule has 0 unspecified atom stereocenters. The van der Waals surface area contributed by atoms with Crippen LogP contribution >= 0.6 is 24.0 Å². The lowest BCUT2D eigenvalue weighted by molar-refractivity contribution is 0.812. The van der Waals surface area contributed by atoms with Crippen molar-refractivity contribution in [3.8, 4) is 0 Å². The second kappa shape index (κ2) is 8.50. The Balaban J connectivity index is 0.00000208. The molecular formula is C18H26IN5. The van der Waals surface area contributed by atoms with Crippen LogP contribution in [0.1, 0.15) is 25.3 Å². The average molecular weight is 439 g/mol. The number of nitrogens with one attached hydrogen (secondary N) is 2. The molecular weight excluding hydrogens is 413 g/mol. The first-order chi connectivity index (χ1) is 11.2. The highest BCUT2D eigenvalue weighted by Crippen LogP contribution is 2.23. The second-order valence-corrected chi connectivity index (χ2v) is 6.16. The van der Waals surface area contributed by atoms with Crippen molar-refractivity contribution in [1.82, 2.24) is 15.6 Å². The smallest absolute Gasteiger partial charge is 0.191 e. The third kappa shape index (κ3) is 4.72. The van der Waals surface area contributed by atoms with E-state index in [9.17, 15) is 0 Å². The maximum Gasteiger partial charge on any atom is 0.191 e. The monoisotopic (exact) mass is 439 g/mol. The molecule has 1 heterocycles. The number of hydrogen-bond acceptors (Lipinski definition) is 3. The molecule has 2 aromatic rings. The number of hydrogen-bond donors (Lipinski definition) is 2. The van der Waals surface area contributed by atoms with Gasteiger partial charge in [-0.2, -0.15) is 0 Å². The fraction of sp³-hybridized carbons (Fsp3) is 0.444. The summed E-state index contributed by atoms with van der Waals surface area (Å²) in [6, 6.07) is 11.0. The molecule has 1 fully saturated rings. The Kier molecular flexibility index (Phi) is 6.65. The van der Waals surface area contributed by atoms with Gasteiger partial charge in [0.1, 0.15) is 5.82 Å². The van der Waals surface area contributed by atoms with Gasteiger partial charge in [0.15, 0.2) is 5.96 Å². The summed E-state index contributed by atoms with van der Waals surface area (Å²) in [5.74, 6) is 1.87. The molecule has 1 aromatic heterocycles. The topological polar surface area (TPSA) is 52.6 Å². The summed E-state index contributed by atoms with van der Waals surface area (Å²) in [7, 11) is 4.03. The molecule has 2 N–H and O–H groups in total. The molecule has 1 aliphatic carbocycles. The van der Waals surface area contributed by atoms with Crippen molar-refractivity contribution in [2.24, 2.45) is 4.99 Å². The standard InChI is InChI=1S/C18H25N5.HI/c1-4-19-18(21-14-9-10-14)20-12-13-11-17(23(2)3)22-16-8-6-5-7-15(13)16;/h5-8,11,14H,4,9-10,12H2,1-3H3,(H2,19,20,21);1H. The Bertz CT molecular complexity index is 710. The van der Waals surface area contributed by atoms with Crippen molar-refractivity contribution in [3.05, 3.63) is 35.9 Å². The van der Waals surface area contributed by atoms with E-state index in [4.69, 9.17) is 9.98 Å². The number of benzene rings is 1. The fourth-order valence-corrected chi connectivity index (χ4v) is 2.50. The van der Waals surface area contributed by atoms with Crippen molar-refractivity contribution >= 4 is 46.7 Å². The summed E-state index contributed by atoms with van der Waals surface area (Å²) in [5.41, 5.74) is 2.22. The van der Waals surface area contributed by atoms with E-state index in [1.165, 1.54) is 23.8 Å². The SMILES string of the molecule is CCNC(=NCc1cc(N(C)C)nc2ccccc12)NC1CC1.I. The number of nitrogens with zero attached hydrogens (tertiary/aromatic N) is 3. The van der Waals surface area contributed by atoms with Gasteiger partial charge >= 0.3 is 0 Å². The molecule has 0 aliphatic heterocycles. The number of aromatic nitrogens is 1. The minimum atomic E-state index is 0. The lowest BCUT2D eigenvalue weighted by Crippen LogP contribution is -2.38. The minimum Gasteiger partial charge on any atom is -0.363 e. The van der Waals surface area contributed by atoms with E-state index in [0.29, 0.717) is 12.6 Å². The number of para-hydroxylation sites is 1. The molecule has 0 amide bonds. The molecule has 6 heteroatoms. The fourth-order valence-electron chi connectivity index (χ4n) is 2.50. The zero-order chi connectivity index (χ0) is 16.2. The summed E-state index contributed by atoms with van der Waals surface area (Å²) < 4.78 is 0. The van der Waals surface area contributed by atoms with Crippen LogP contribution in [0.4, 0.5) is 5.82 Å². The third-order valence-electron chi connectivity index (χ3n) is 3.92. The highest BCUT2D eigenvalue weighted by molar-refractivity contribution is 14.0. The molecule has 0 atom stereocenters. The van der Waals surface area contributed by atoms with Crippen molar-refractivity contribution in [2.45, 2.75) is 32.4 Å². The van der Waals surface area contributed by atoms with Gasteiger partial charge in [0, 0.05) is 32.1 Å². The maximum atomic E-state index is 4.76. The van der Waals surface area contributed by atoms with Crippen molar-refractivity contribution in [2.75, 3.05) is 25.5 Å². The van der Waals surface area contributed by atoms with Gasteiger partial charge in [-0.15, -0.1) is 24.0 Å². The molecule has 0 bridgehead atoms. The van der Waals surface area contributed by atoms with E-state index in [1.807, 2.05) is 25.1 Å². The number of fused-ring (bicyclic) bond motifs is 1. The zero-order valence-electron chi connectivity index (χ0n) is 14.5. The van der Waals surface area contributed by atoms with E-state index < -0.39 is 0 Å². The molecule has 1 aromatic carbocycles. The van der Waals surface area contributed by atoms with Crippen LogP contribution < -0.4 is 15.5 Å². The molecule has 1 aliphatic rings. The normalized spacial score (nSPS) is 14.2. The molecule has 0 radical (unpaired) electrons. The van der Waals surface area contributed by atoms with Crippen molar-refractivity contribution < 1.29 is 0 Å². The van der Waals surface area contributed by atoms with Crippen LogP contribution in [0.3, 0.4) is 0 Å². The second-order valence-electron chi connectivity index (χ2n) is 6.16. The van der Waals surface area contributed by atoms with Crippen molar-refractivity contribution in [1.29, 1.82) is 0 Å². The maximum absolute atomic E-state index is 4.76. The van der Waals surface area contributed by atoms with Crippen LogP contribution in [-0.2, 0) is 6.54 Å². The highest BCUT2D eigenvalue weighted by atomic mass is 127. The predicted octanol–water partition coefficient (Wildman–Crippen LogP) is 3.14. The number of rotatable bonds is 5. The Morgan fingerprint density at radius 1 is 1.29 bits per heavy atom. The lowest BCUT2D eigenvalue weighted by Gasteiger charge is -2.15. The Morgan fingerprint density at radius 3 is 2.71 bits per heavy atom. The zero-order valence-corrected chi connectivity index (χ0v) is 16.9. The van der Waals surface area contributed by atoms with E-state index >= 15 is 0 Å². The first-order valence-electron chi connectivity index (χ1n) is 8.28. The molecule has 0 spiro atoms. The van der Waals surface area contributed by atoms with Gasteiger partial charge in [0.25, 0.3) is 0 Å². The van der Waals surface area contributed by atoms with Gasteiger partial charge in [-0.1, -0.05) is 18.2 Å². The number of anilines is 1. The predicted molar refractivity (Wildman–Crippen MR) is 112 cm³/mol. The highest BCUT2D eigenvalue weighted by Gasteiger charge is 2.22. The molecule has 5 nitrogen and oxygen atoms in total. The largest absolute Gasteiger partial charge is 0.363 e. The number of halogens is 1. The Morgan fingerprint density at radius 2 is 2.04 bits per heavy atom. The van der Waals surface area contributed by atoms with Crippen LogP contribution in [-0.4, -0.2) is 37.6 Å². The summed E-state index contributed by atoms with van der Waals surface area (Å²) in [6.45, 7) is 3.61. The van der Waals surface area contributed by atoms with E-state index in [0.717, 1.165) is 23.8 Å². The van der Waals surface area contributed by atoms with E-state index in [1.54, 1.807) is 0 Å². The lowest BCUT2D eigenvalue weighted by atomic mass is 10.1. The summed E-state index contributed by atoms with van der Waals surface area (Å²) in [6.07, 6.45) is 2.49. The van der Waals surface area contributed by atoms with Crippen LogP contribution in [0.15, 0.2) is 35.3 Å². The molecule has 1 saturated carbocycles. The van der Waals surface area contributed by atoms with Crippen LogP contribution in [0.2, 0.25) is 0 Å². The first-order valence-corrected chi connectivity index (χ1v) is 8.28. The molecule has 130 valence electrons. The summed E-state index contributed by atoms with van der Waals surface area (Å²) in [4.78, 5) is 11.5. The minimum absolute atomic E-state index is 0. The van der Waals surface area contributed by atoms with Gasteiger partial charge in [-0.25, -0.2) is 9.98 Å². The average Bonchev–Trinajstić information content (AvgIpc) is 3.36. The summed E-state index contributed by atoms with van der Waals surface area (Å²) in [5, 5.41) is 7.95. The summed E-state index contributed by atoms with van der Waals surface area (Å²) >= 11 is 0. The van der Waals surface area contributed by atoms with Crippen LogP contribution in [0, 0.1) is 0 Å². The molecule has 3 rings (SSSR count). The number of aliphatic imine (C=N–C) groups is 1. The number of guanidine groups is 1. The van der Waals surface area contributed by atoms with Gasteiger partial charge in [-0.3, -0.25) is 0 Å². The van der Waals surface area contributed by atoms with E-state index in [2.05, 4.69) is 41.8 Å². The molecule has 0 saturated heterocycles. The van der Waals surface area contributed by atoms with Crippen molar-refractivity contribution in [3.63, 3.8) is 0 Å². The van der Waals surface area contributed by atoms with Crippen LogP contribution in [0.25, 0.3) is 10.9 Å².